The molecule has 7 heteroatoms. The van der Waals surface area contributed by atoms with Crippen LogP contribution in [0, 0.1) is 11.3 Å². The molecule has 1 aromatic heterocycles. The standard InChI is InChI=1S/C7H9N3O2S2/c1-6(7-9-3-4-13-7)10-14(11,12)5-2-8/h3-4,6,10H,5H2,1H3. The predicted octanol–water partition coefficient (Wildman–Crippen LogP) is 0.647. The van der Waals surface area contributed by atoms with Crippen LogP contribution >= 0.6 is 11.3 Å². The Labute approximate surface area is 86.5 Å². The lowest BCUT2D eigenvalue weighted by molar-refractivity contribution is 0.570. The Bertz CT molecular complexity index is 418. The van der Waals surface area contributed by atoms with Gasteiger partial charge in [-0.3, -0.25) is 0 Å². The van der Waals surface area contributed by atoms with Crippen molar-refractivity contribution in [1.29, 1.82) is 5.26 Å². The maximum Gasteiger partial charge on any atom is 0.225 e. The monoisotopic (exact) mass is 231 g/mol. The van der Waals surface area contributed by atoms with Crippen LogP contribution in [0.15, 0.2) is 11.6 Å². The number of aromatic nitrogens is 1. The Balaban J connectivity index is 2.67. The highest BCUT2D eigenvalue weighted by atomic mass is 32.2. The minimum absolute atomic E-state index is 0.381. The van der Waals surface area contributed by atoms with Gasteiger partial charge < -0.3 is 0 Å². The van der Waals surface area contributed by atoms with E-state index in [9.17, 15) is 8.42 Å². The molecule has 0 spiro atoms. The molecule has 76 valence electrons. The highest BCUT2D eigenvalue weighted by Gasteiger charge is 2.16. The smallest absolute Gasteiger partial charge is 0.225 e. The summed E-state index contributed by atoms with van der Waals surface area (Å²) < 4.78 is 24.7. The van der Waals surface area contributed by atoms with Crippen LogP contribution in [0.2, 0.25) is 0 Å². The van der Waals surface area contributed by atoms with Gasteiger partial charge in [-0.05, 0) is 6.92 Å². The number of hydrogen-bond acceptors (Lipinski definition) is 5. The van der Waals surface area contributed by atoms with E-state index in [0.29, 0.717) is 5.01 Å². The topological polar surface area (TPSA) is 82.9 Å². The third-order valence-corrected chi connectivity index (χ3v) is 3.61. The highest BCUT2D eigenvalue weighted by Crippen LogP contribution is 2.15. The van der Waals surface area contributed by atoms with Crippen LogP contribution in [0.1, 0.15) is 18.0 Å². The molecule has 0 aliphatic rings. The van der Waals surface area contributed by atoms with E-state index in [-0.39, 0.29) is 6.04 Å². The van der Waals surface area contributed by atoms with Crippen LogP contribution < -0.4 is 4.72 Å². The van der Waals surface area contributed by atoms with E-state index in [2.05, 4.69) is 9.71 Å². The second-order valence-electron chi connectivity index (χ2n) is 2.63. The SMILES string of the molecule is CC(NS(=O)(=O)CC#N)c1nccs1. The Hall–Kier alpha value is -0.970. The van der Waals surface area contributed by atoms with Crippen molar-refractivity contribution in [3.05, 3.63) is 16.6 Å². The lowest BCUT2D eigenvalue weighted by Crippen LogP contribution is -2.28. The van der Waals surface area contributed by atoms with E-state index in [4.69, 9.17) is 5.26 Å². The van der Waals surface area contributed by atoms with Crippen molar-refractivity contribution in [3.63, 3.8) is 0 Å². The molecule has 0 aliphatic carbocycles. The molecule has 1 unspecified atom stereocenters. The molecular weight excluding hydrogens is 222 g/mol. The summed E-state index contributed by atoms with van der Waals surface area (Å²) >= 11 is 1.37. The van der Waals surface area contributed by atoms with E-state index < -0.39 is 15.8 Å². The molecule has 1 rings (SSSR count). The van der Waals surface area contributed by atoms with Crippen molar-refractivity contribution < 1.29 is 8.42 Å². The fourth-order valence-corrected chi connectivity index (χ4v) is 2.52. The van der Waals surface area contributed by atoms with Crippen LogP contribution in [-0.2, 0) is 10.0 Å². The molecular formula is C7H9N3O2S2. The van der Waals surface area contributed by atoms with Crippen LogP contribution in [0.25, 0.3) is 0 Å². The van der Waals surface area contributed by atoms with Crippen LogP contribution in [-0.4, -0.2) is 19.2 Å². The zero-order valence-corrected chi connectivity index (χ0v) is 9.10. The molecule has 1 atom stereocenters. The van der Waals surface area contributed by atoms with Crippen molar-refractivity contribution in [1.82, 2.24) is 9.71 Å². The van der Waals surface area contributed by atoms with Gasteiger partial charge in [0.05, 0.1) is 12.1 Å². The summed E-state index contributed by atoms with van der Waals surface area (Å²) in [5.41, 5.74) is 0. The van der Waals surface area contributed by atoms with Crippen LogP contribution in [0.3, 0.4) is 0 Å². The first kappa shape index (κ1) is 11.1. The minimum Gasteiger partial charge on any atom is -0.248 e. The van der Waals surface area contributed by atoms with Gasteiger partial charge in [-0.2, -0.15) is 5.26 Å². The van der Waals surface area contributed by atoms with Gasteiger partial charge in [0.1, 0.15) is 5.01 Å². The number of rotatable bonds is 4. The molecule has 14 heavy (non-hydrogen) atoms. The largest absolute Gasteiger partial charge is 0.248 e. The first-order valence-corrected chi connectivity index (χ1v) is 6.34. The summed E-state index contributed by atoms with van der Waals surface area (Å²) in [5, 5.41) is 10.7. The summed E-state index contributed by atoms with van der Waals surface area (Å²) in [6.45, 7) is 1.69. The molecule has 0 saturated carbocycles. The maximum absolute atomic E-state index is 11.2. The summed E-state index contributed by atoms with van der Waals surface area (Å²) in [6, 6.07) is 1.21. The highest BCUT2D eigenvalue weighted by molar-refractivity contribution is 7.89. The van der Waals surface area contributed by atoms with Gasteiger partial charge in [0.15, 0.2) is 5.75 Å². The predicted molar refractivity (Wildman–Crippen MR) is 53.1 cm³/mol. The molecule has 0 aromatic carbocycles. The molecule has 0 bridgehead atoms. The van der Waals surface area contributed by atoms with Crippen LogP contribution in [0.4, 0.5) is 0 Å². The zero-order chi connectivity index (χ0) is 10.6. The Morgan fingerprint density at radius 2 is 2.50 bits per heavy atom. The second-order valence-corrected chi connectivity index (χ2v) is 5.31. The molecule has 5 nitrogen and oxygen atoms in total. The van der Waals surface area contributed by atoms with E-state index >= 15 is 0 Å². The van der Waals surface area contributed by atoms with Gasteiger partial charge in [-0.1, -0.05) is 0 Å². The van der Waals surface area contributed by atoms with E-state index in [1.165, 1.54) is 11.3 Å². The number of sulfonamides is 1. The Kier molecular flexibility index (Phi) is 3.57. The molecule has 0 amide bonds. The van der Waals surface area contributed by atoms with Crippen molar-refractivity contribution in [2.75, 3.05) is 5.75 Å². The summed E-state index contributed by atoms with van der Waals surface area (Å²) in [6.07, 6.45) is 1.61. The quantitative estimate of drug-likeness (QED) is 0.824. The summed E-state index contributed by atoms with van der Waals surface area (Å²) in [5.74, 6) is -0.525. The van der Waals surface area contributed by atoms with Crippen molar-refractivity contribution in [3.8, 4) is 6.07 Å². The molecule has 0 aliphatic heterocycles. The lowest BCUT2D eigenvalue weighted by Gasteiger charge is -2.09. The summed E-state index contributed by atoms with van der Waals surface area (Å²) in [7, 11) is -3.50. The lowest BCUT2D eigenvalue weighted by atomic mass is 10.4. The molecule has 1 aromatic rings. The molecule has 1 N–H and O–H groups in total. The first-order chi connectivity index (χ1) is 6.55. The van der Waals surface area contributed by atoms with E-state index in [0.717, 1.165) is 0 Å². The van der Waals surface area contributed by atoms with Gasteiger partial charge in [-0.25, -0.2) is 18.1 Å². The second kappa shape index (κ2) is 4.50. The zero-order valence-electron chi connectivity index (χ0n) is 7.47. The molecule has 1 heterocycles. The average Bonchev–Trinajstić information content (AvgIpc) is 2.53. The summed E-state index contributed by atoms with van der Waals surface area (Å²) in [4.78, 5) is 3.97. The normalized spacial score (nSPS) is 13.4. The number of nitriles is 1. The van der Waals surface area contributed by atoms with Crippen molar-refractivity contribution >= 4 is 21.4 Å². The van der Waals surface area contributed by atoms with Crippen molar-refractivity contribution in [2.24, 2.45) is 0 Å². The Morgan fingerprint density at radius 3 is 3.00 bits per heavy atom. The minimum atomic E-state index is -3.50. The van der Waals surface area contributed by atoms with Crippen molar-refractivity contribution in [2.45, 2.75) is 13.0 Å². The molecule has 0 saturated heterocycles. The van der Waals surface area contributed by atoms with E-state index in [1.807, 2.05) is 0 Å². The van der Waals surface area contributed by atoms with Crippen LogP contribution in [0.5, 0.6) is 0 Å². The molecule has 0 radical (unpaired) electrons. The Morgan fingerprint density at radius 1 is 1.79 bits per heavy atom. The van der Waals surface area contributed by atoms with Gasteiger partial charge in [0.25, 0.3) is 0 Å². The van der Waals surface area contributed by atoms with Gasteiger partial charge in [0, 0.05) is 11.6 Å². The number of nitrogens with one attached hydrogen (secondary N) is 1. The van der Waals surface area contributed by atoms with Gasteiger partial charge in [0.2, 0.25) is 10.0 Å². The fraction of sp³-hybridized carbons (Fsp3) is 0.429. The van der Waals surface area contributed by atoms with E-state index in [1.54, 1.807) is 24.6 Å². The first-order valence-electron chi connectivity index (χ1n) is 3.81. The van der Waals surface area contributed by atoms with Gasteiger partial charge >= 0.3 is 0 Å². The fourth-order valence-electron chi connectivity index (χ4n) is 0.895. The number of hydrogen-bond donors (Lipinski definition) is 1. The van der Waals surface area contributed by atoms with Gasteiger partial charge in [-0.15, -0.1) is 11.3 Å². The average molecular weight is 231 g/mol. The number of nitrogens with zero attached hydrogens (tertiary/aromatic N) is 2. The maximum atomic E-state index is 11.2. The molecule has 0 fully saturated rings. The number of thiazole rings is 1. The third kappa shape index (κ3) is 3.06. The third-order valence-electron chi connectivity index (χ3n) is 1.43.